The number of likely N-dealkylation sites (N-methyl/N-ethyl adjacent to an activating group) is 1. The Labute approximate surface area is 67.0 Å². The second kappa shape index (κ2) is 2.21. The molecular weight excluding hydrogens is 140 g/mol. The number of fused-ring (bicyclic) bond motifs is 1. The van der Waals surface area contributed by atoms with Crippen molar-refractivity contribution < 1.29 is 4.79 Å². The van der Waals surface area contributed by atoms with Crippen molar-refractivity contribution in [1.29, 1.82) is 0 Å². The van der Waals surface area contributed by atoms with E-state index >= 15 is 0 Å². The molecule has 62 valence electrons. The van der Waals surface area contributed by atoms with Crippen molar-refractivity contribution in [2.24, 2.45) is 0 Å². The first-order chi connectivity index (χ1) is 5.22. The molecule has 2 aliphatic rings. The fourth-order valence-corrected chi connectivity index (χ4v) is 2.14. The van der Waals surface area contributed by atoms with Crippen molar-refractivity contribution in [3.05, 3.63) is 0 Å². The number of carbonyl (C=O) groups excluding carboxylic acids is 1. The molecule has 2 atom stereocenters. The van der Waals surface area contributed by atoms with Crippen LogP contribution in [0.4, 0.5) is 0 Å². The van der Waals surface area contributed by atoms with Crippen LogP contribution in [0, 0.1) is 0 Å². The maximum Gasteiger partial charge on any atom is 0.240 e. The van der Waals surface area contributed by atoms with Crippen LogP contribution in [-0.4, -0.2) is 41.5 Å². The number of carbonyl (C=O) groups is 1. The average molecular weight is 154 g/mol. The Bertz CT molecular complexity index is 193. The summed E-state index contributed by atoms with van der Waals surface area (Å²) >= 11 is 0. The predicted molar refractivity (Wildman–Crippen MR) is 42.0 cm³/mol. The number of rotatable bonds is 0. The fraction of sp³-hybridized carbons (Fsp3) is 0.875. The molecule has 2 saturated heterocycles. The number of amides is 1. The van der Waals surface area contributed by atoms with Gasteiger partial charge in [-0.15, -0.1) is 0 Å². The Kier molecular flexibility index (Phi) is 1.42. The minimum absolute atomic E-state index is 0.218. The monoisotopic (exact) mass is 154 g/mol. The van der Waals surface area contributed by atoms with Crippen molar-refractivity contribution >= 4 is 5.91 Å². The molecule has 3 nitrogen and oxygen atoms in total. The lowest BCUT2D eigenvalue weighted by Crippen LogP contribution is -2.34. The van der Waals surface area contributed by atoms with Crippen LogP contribution in [0.1, 0.15) is 19.8 Å². The third-order valence-electron chi connectivity index (χ3n) is 2.97. The summed E-state index contributed by atoms with van der Waals surface area (Å²) in [6, 6.07) is 0.218. The Hall–Kier alpha value is -0.570. The Morgan fingerprint density at radius 3 is 2.91 bits per heavy atom. The van der Waals surface area contributed by atoms with Gasteiger partial charge >= 0.3 is 0 Å². The van der Waals surface area contributed by atoms with Crippen LogP contribution in [0.25, 0.3) is 0 Å². The van der Waals surface area contributed by atoms with Crippen LogP contribution in [-0.2, 0) is 4.79 Å². The van der Waals surface area contributed by atoms with Crippen LogP contribution < -0.4 is 0 Å². The first kappa shape index (κ1) is 7.10. The molecule has 11 heavy (non-hydrogen) atoms. The molecular formula is C8H14N2O. The minimum atomic E-state index is 0.218. The lowest BCUT2D eigenvalue weighted by Gasteiger charge is -2.21. The first-order valence-electron chi connectivity index (χ1n) is 4.24. The molecule has 0 bridgehead atoms. The van der Waals surface area contributed by atoms with E-state index in [-0.39, 0.29) is 6.04 Å². The Balaban J connectivity index is 2.23. The highest BCUT2D eigenvalue weighted by molar-refractivity contribution is 5.84. The standard InChI is InChI=1S/C8H14N2O/c1-6-9(2)8(11)7-4-3-5-10(6)7/h6-7H,3-5H2,1-2H3/t6?,7-/m1/s1. The van der Waals surface area contributed by atoms with Crippen molar-refractivity contribution in [2.45, 2.75) is 32.0 Å². The molecule has 3 heteroatoms. The molecule has 2 fully saturated rings. The summed E-state index contributed by atoms with van der Waals surface area (Å²) in [5.41, 5.74) is 0. The maximum absolute atomic E-state index is 11.5. The van der Waals surface area contributed by atoms with Crippen molar-refractivity contribution in [2.75, 3.05) is 13.6 Å². The average Bonchev–Trinajstić information content (AvgIpc) is 2.53. The Morgan fingerprint density at radius 1 is 1.55 bits per heavy atom. The molecule has 0 saturated carbocycles. The second-order valence-corrected chi connectivity index (χ2v) is 3.48. The van der Waals surface area contributed by atoms with Crippen LogP contribution in [0.15, 0.2) is 0 Å². The van der Waals surface area contributed by atoms with Gasteiger partial charge in [-0.25, -0.2) is 0 Å². The summed E-state index contributed by atoms with van der Waals surface area (Å²) in [4.78, 5) is 15.6. The molecule has 1 amide bonds. The number of hydrogen-bond donors (Lipinski definition) is 0. The summed E-state index contributed by atoms with van der Waals surface area (Å²) in [6.45, 7) is 3.20. The van der Waals surface area contributed by atoms with Crippen LogP contribution >= 0.6 is 0 Å². The number of hydrogen-bond acceptors (Lipinski definition) is 2. The van der Waals surface area contributed by atoms with E-state index < -0.39 is 0 Å². The van der Waals surface area contributed by atoms with Gasteiger partial charge in [0.2, 0.25) is 5.91 Å². The molecule has 0 aromatic rings. The van der Waals surface area contributed by atoms with Crippen molar-refractivity contribution in [1.82, 2.24) is 9.80 Å². The molecule has 2 rings (SSSR count). The van der Waals surface area contributed by atoms with E-state index in [2.05, 4.69) is 11.8 Å². The Morgan fingerprint density at radius 2 is 2.27 bits per heavy atom. The van der Waals surface area contributed by atoms with Crippen LogP contribution in [0.2, 0.25) is 0 Å². The summed E-state index contributed by atoms with van der Waals surface area (Å²) in [5, 5.41) is 0. The van der Waals surface area contributed by atoms with E-state index in [4.69, 9.17) is 0 Å². The van der Waals surface area contributed by atoms with Gasteiger partial charge in [0.1, 0.15) is 0 Å². The van der Waals surface area contributed by atoms with E-state index in [1.807, 2.05) is 11.9 Å². The zero-order chi connectivity index (χ0) is 8.01. The lowest BCUT2D eigenvalue weighted by atomic mass is 10.2. The van der Waals surface area contributed by atoms with E-state index in [9.17, 15) is 4.79 Å². The third-order valence-corrected chi connectivity index (χ3v) is 2.97. The van der Waals surface area contributed by atoms with Gasteiger partial charge in [0.25, 0.3) is 0 Å². The van der Waals surface area contributed by atoms with Crippen molar-refractivity contribution in [3.8, 4) is 0 Å². The molecule has 0 aromatic carbocycles. The molecule has 2 aliphatic heterocycles. The van der Waals surface area contributed by atoms with E-state index in [1.165, 1.54) is 6.42 Å². The largest absolute Gasteiger partial charge is 0.329 e. The molecule has 0 aliphatic carbocycles. The second-order valence-electron chi connectivity index (χ2n) is 3.48. The topological polar surface area (TPSA) is 23.6 Å². The smallest absolute Gasteiger partial charge is 0.240 e. The van der Waals surface area contributed by atoms with Gasteiger partial charge < -0.3 is 4.90 Å². The summed E-state index contributed by atoms with van der Waals surface area (Å²) in [7, 11) is 1.89. The summed E-state index contributed by atoms with van der Waals surface area (Å²) in [5.74, 6) is 0.315. The van der Waals surface area contributed by atoms with Gasteiger partial charge in [-0.1, -0.05) is 0 Å². The van der Waals surface area contributed by atoms with E-state index in [0.29, 0.717) is 12.1 Å². The zero-order valence-corrected chi connectivity index (χ0v) is 7.08. The molecule has 2 heterocycles. The highest BCUT2D eigenvalue weighted by Gasteiger charge is 2.43. The van der Waals surface area contributed by atoms with Gasteiger partial charge in [-0.3, -0.25) is 9.69 Å². The van der Waals surface area contributed by atoms with Gasteiger partial charge in [-0.2, -0.15) is 0 Å². The predicted octanol–water partition coefficient (Wildman–Crippen LogP) is 0.269. The van der Waals surface area contributed by atoms with Gasteiger partial charge in [-0.05, 0) is 19.8 Å². The minimum Gasteiger partial charge on any atom is -0.329 e. The van der Waals surface area contributed by atoms with Crippen LogP contribution in [0.3, 0.4) is 0 Å². The van der Waals surface area contributed by atoms with Gasteiger partial charge in [0, 0.05) is 13.6 Å². The molecule has 0 N–H and O–H groups in total. The van der Waals surface area contributed by atoms with E-state index in [0.717, 1.165) is 13.0 Å². The maximum atomic E-state index is 11.5. The van der Waals surface area contributed by atoms with Gasteiger partial charge in [0.15, 0.2) is 0 Å². The van der Waals surface area contributed by atoms with Crippen molar-refractivity contribution in [3.63, 3.8) is 0 Å². The SMILES string of the molecule is CC1N(C)C(=O)[C@H]2CCCN12. The summed E-state index contributed by atoms with van der Waals surface area (Å²) in [6.07, 6.45) is 2.58. The quantitative estimate of drug-likeness (QED) is 0.500. The van der Waals surface area contributed by atoms with Gasteiger partial charge in [0.05, 0.1) is 12.2 Å². The lowest BCUT2D eigenvalue weighted by molar-refractivity contribution is -0.128. The first-order valence-corrected chi connectivity index (χ1v) is 4.24. The third kappa shape index (κ3) is 0.805. The highest BCUT2D eigenvalue weighted by atomic mass is 16.2. The summed E-state index contributed by atoms with van der Waals surface area (Å²) < 4.78 is 0. The van der Waals surface area contributed by atoms with Crippen LogP contribution in [0.5, 0.6) is 0 Å². The zero-order valence-electron chi connectivity index (χ0n) is 7.08. The molecule has 0 spiro atoms. The fourth-order valence-electron chi connectivity index (χ4n) is 2.14. The number of nitrogens with zero attached hydrogens (tertiary/aromatic N) is 2. The molecule has 0 aromatic heterocycles. The normalized spacial score (nSPS) is 38.4. The highest BCUT2D eigenvalue weighted by Crippen LogP contribution is 2.28. The molecule has 0 radical (unpaired) electrons. The van der Waals surface area contributed by atoms with E-state index in [1.54, 1.807) is 0 Å². The molecule has 1 unspecified atom stereocenters.